The van der Waals surface area contributed by atoms with Gasteiger partial charge in [0.15, 0.2) is 0 Å². The van der Waals surface area contributed by atoms with Crippen LogP contribution in [0.5, 0.6) is 0 Å². The molecule has 2 N–H and O–H groups in total. The van der Waals surface area contributed by atoms with E-state index in [1.807, 2.05) is 18.3 Å². The van der Waals surface area contributed by atoms with E-state index < -0.39 is 0 Å². The minimum absolute atomic E-state index is 0.0531. The van der Waals surface area contributed by atoms with Crippen molar-refractivity contribution < 1.29 is 9.53 Å². The fourth-order valence-electron chi connectivity index (χ4n) is 2.66. The molecule has 0 aromatic carbocycles. The molecule has 1 aromatic heterocycles. The van der Waals surface area contributed by atoms with Crippen LogP contribution in [0.3, 0.4) is 0 Å². The Morgan fingerprint density at radius 2 is 2.11 bits per heavy atom. The maximum atomic E-state index is 11.4. The topological polar surface area (TPSA) is 65.2 Å². The first-order chi connectivity index (χ1) is 8.69. The van der Waals surface area contributed by atoms with Gasteiger partial charge in [-0.3, -0.25) is 4.79 Å². The molecule has 18 heavy (non-hydrogen) atoms. The second-order valence-electron chi connectivity index (χ2n) is 5.04. The third-order valence-corrected chi connectivity index (χ3v) is 3.75. The normalized spacial score (nSPS) is 23.6. The summed E-state index contributed by atoms with van der Waals surface area (Å²) in [5.41, 5.74) is 6.79. The van der Waals surface area contributed by atoms with Gasteiger partial charge in [-0.1, -0.05) is 6.07 Å². The van der Waals surface area contributed by atoms with Gasteiger partial charge < -0.3 is 10.5 Å². The van der Waals surface area contributed by atoms with Gasteiger partial charge >= 0.3 is 5.97 Å². The fraction of sp³-hybridized carbons (Fsp3) is 0.571. The van der Waals surface area contributed by atoms with Crippen molar-refractivity contribution in [2.75, 3.05) is 12.8 Å². The van der Waals surface area contributed by atoms with E-state index in [2.05, 4.69) is 4.98 Å². The van der Waals surface area contributed by atoms with Crippen LogP contribution in [-0.4, -0.2) is 18.1 Å². The molecule has 0 spiro atoms. The molecule has 1 aliphatic rings. The Kier molecular flexibility index (Phi) is 4.18. The third-order valence-electron chi connectivity index (χ3n) is 3.75. The maximum absolute atomic E-state index is 11.4. The van der Waals surface area contributed by atoms with Crippen LogP contribution in [0.15, 0.2) is 18.3 Å². The SMILES string of the molecule is COC(=O)C1CCC(Cc2ccc(N)nc2)CC1. The molecule has 1 saturated carbocycles. The van der Waals surface area contributed by atoms with E-state index >= 15 is 0 Å². The summed E-state index contributed by atoms with van der Waals surface area (Å²) >= 11 is 0. The smallest absolute Gasteiger partial charge is 0.308 e. The van der Waals surface area contributed by atoms with E-state index in [1.54, 1.807) is 0 Å². The van der Waals surface area contributed by atoms with E-state index in [9.17, 15) is 4.79 Å². The summed E-state index contributed by atoms with van der Waals surface area (Å²) in [5, 5.41) is 0. The Morgan fingerprint density at radius 1 is 1.39 bits per heavy atom. The van der Waals surface area contributed by atoms with Gasteiger partial charge in [0.25, 0.3) is 0 Å². The average Bonchev–Trinajstić information content (AvgIpc) is 2.41. The van der Waals surface area contributed by atoms with Gasteiger partial charge in [-0.25, -0.2) is 4.98 Å². The van der Waals surface area contributed by atoms with Gasteiger partial charge in [-0.05, 0) is 49.7 Å². The second kappa shape index (κ2) is 5.85. The highest BCUT2D eigenvalue weighted by atomic mass is 16.5. The van der Waals surface area contributed by atoms with Crippen molar-refractivity contribution in [3.8, 4) is 0 Å². The number of aromatic nitrogens is 1. The number of esters is 1. The monoisotopic (exact) mass is 248 g/mol. The largest absolute Gasteiger partial charge is 0.469 e. The summed E-state index contributed by atoms with van der Waals surface area (Å²) in [4.78, 5) is 15.5. The molecule has 1 aromatic rings. The highest BCUT2D eigenvalue weighted by Crippen LogP contribution is 2.31. The number of ether oxygens (including phenoxy) is 1. The minimum Gasteiger partial charge on any atom is -0.469 e. The van der Waals surface area contributed by atoms with E-state index in [-0.39, 0.29) is 11.9 Å². The molecule has 98 valence electrons. The maximum Gasteiger partial charge on any atom is 0.308 e. The minimum atomic E-state index is -0.0531. The molecule has 1 fully saturated rings. The lowest BCUT2D eigenvalue weighted by Gasteiger charge is -2.26. The van der Waals surface area contributed by atoms with Crippen molar-refractivity contribution in [1.82, 2.24) is 4.98 Å². The number of nitrogens with zero attached hydrogens (tertiary/aromatic N) is 1. The lowest BCUT2D eigenvalue weighted by Crippen LogP contribution is -2.23. The number of methoxy groups -OCH3 is 1. The number of anilines is 1. The summed E-state index contributed by atoms with van der Waals surface area (Å²) in [6, 6.07) is 3.88. The Labute approximate surface area is 108 Å². The van der Waals surface area contributed by atoms with Gasteiger partial charge in [0.05, 0.1) is 13.0 Å². The lowest BCUT2D eigenvalue weighted by molar-refractivity contribution is -0.146. The van der Waals surface area contributed by atoms with Crippen LogP contribution in [0.25, 0.3) is 0 Å². The first kappa shape index (κ1) is 12.9. The molecule has 4 nitrogen and oxygen atoms in total. The van der Waals surface area contributed by atoms with Gasteiger partial charge in [0, 0.05) is 6.20 Å². The molecular formula is C14H20N2O2. The molecule has 0 saturated heterocycles. The number of hydrogen-bond donors (Lipinski definition) is 1. The predicted octanol–water partition coefficient (Wildman–Crippen LogP) is 2.19. The van der Waals surface area contributed by atoms with Crippen LogP contribution in [-0.2, 0) is 16.0 Å². The zero-order chi connectivity index (χ0) is 13.0. The fourth-order valence-corrected chi connectivity index (χ4v) is 2.66. The second-order valence-corrected chi connectivity index (χ2v) is 5.04. The van der Waals surface area contributed by atoms with E-state index in [0.717, 1.165) is 32.1 Å². The molecule has 1 heterocycles. The van der Waals surface area contributed by atoms with Gasteiger partial charge in [-0.15, -0.1) is 0 Å². The van der Waals surface area contributed by atoms with Crippen molar-refractivity contribution in [3.05, 3.63) is 23.9 Å². The predicted molar refractivity (Wildman–Crippen MR) is 69.8 cm³/mol. The summed E-state index contributed by atoms with van der Waals surface area (Å²) in [5.74, 6) is 1.27. The Balaban J connectivity index is 1.83. The number of hydrogen-bond acceptors (Lipinski definition) is 4. The van der Waals surface area contributed by atoms with Crippen LogP contribution < -0.4 is 5.73 Å². The quantitative estimate of drug-likeness (QED) is 0.833. The number of carbonyl (C=O) groups excluding carboxylic acids is 1. The van der Waals surface area contributed by atoms with Crippen molar-refractivity contribution in [2.24, 2.45) is 11.8 Å². The van der Waals surface area contributed by atoms with Gasteiger partial charge in [-0.2, -0.15) is 0 Å². The molecule has 0 amide bonds. The standard InChI is InChI=1S/C14H20N2O2/c1-18-14(17)12-5-2-10(3-6-12)8-11-4-7-13(15)16-9-11/h4,7,9-10,12H,2-3,5-6,8H2,1H3,(H2,15,16). The number of rotatable bonds is 3. The zero-order valence-corrected chi connectivity index (χ0v) is 10.8. The lowest BCUT2D eigenvalue weighted by atomic mass is 9.79. The van der Waals surface area contributed by atoms with Crippen LogP contribution in [0.1, 0.15) is 31.2 Å². The van der Waals surface area contributed by atoms with Gasteiger partial charge in [0.1, 0.15) is 5.82 Å². The van der Waals surface area contributed by atoms with Crippen LogP contribution in [0.4, 0.5) is 5.82 Å². The Bertz CT molecular complexity index is 395. The molecule has 0 aliphatic heterocycles. The van der Waals surface area contributed by atoms with Crippen LogP contribution in [0.2, 0.25) is 0 Å². The average molecular weight is 248 g/mol. The molecule has 0 unspecified atom stereocenters. The summed E-state index contributed by atoms with van der Waals surface area (Å²) in [6.45, 7) is 0. The number of pyridine rings is 1. The van der Waals surface area contributed by atoms with E-state index in [4.69, 9.17) is 10.5 Å². The molecule has 0 atom stereocenters. The van der Waals surface area contributed by atoms with Gasteiger partial charge in [0.2, 0.25) is 0 Å². The molecule has 4 heteroatoms. The Hall–Kier alpha value is -1.58. The highest BCUT2D eigenvalue weighted by Gasteiger charge is 2.26. The first-order valence-electron chi connectivity index (χ1n) is 6.47. The summed E-state index contributed by atoms with van der Waals surface area (Å²) < 4.78 is 4.79. The van der Waals surface area contributed by atoms with E-state index in [0.29, 0.717) is 11.7 Å². The number of nitrogens with two attached hydrogens (primary N) is 1. The molecular weight excluding hydrogens is 228 g/mol. The van der Waals surface area contributed by atoms with Crippen LogP contribution >= 0.6 is 0 Å². The van der Waals surface area contributed by atoms with Crippen molar-refractivity contribution in [1.29, 1.82) is 0 Å². The Morgan fingerprint density at radius 3 is 2.67 bits per heavy atom. The zero-order valence-electron chi connectivity index (χ0n) is 10.8. The molecule has 2 rings (SSSR count). The number of carbonyl (C=O) groups is 1. The van der Waals surface area contributed by atoms with Crippen molar-refractivity contribution in [3.63, 3.8) is 0 Å². The molecule has 1 aliphatic carbocycles. The summed E-state index contributed by atoms with van der Waals surface area (Å²) in [7, 11) is 1.47. The molecule has 0 bridgehead atoms. The summed E-state index contributed by atoms with van der Waals surface area (Å²) in [6.07, 6.45) is 6.94. The van der Waals surface area contributed by atoms with Crippen molar-refractivity contribution >= 4 is 11.8 Å². The first-order valence-corrected chi connectivity index (χ1v) is 6.47. The van der Waals surface area contributed by atoms with Crippen molar-refractivity contribution in [2.45, 2.75) is 32.1 Å². The third kappa shape index (κ3) is 3.22. The highest BCUT2D eigenvalue weighted by molar-refractivity contribution is 5.72. The number of nitrogen functional groups attached to an aromatic ring is 1. The van der Waals surface area contributed by atoms with E-state index in [1.165, 1.54) is 12.7 Å². The van der Waals surface area contributed by atoms with Crippen LogP contribution in [0, 0.1) is 11.8 Å². The molecule has 0 radical (unpaired) electrons.